The van der Waals surface area contributed by atoms with Crippen molar-refractivity contribution in [2.75, 3.05) is 0 Å². The molecule has 0 N–H and O–H groups in total. The second kappa shape index (κ2) is 3.61. The molecule has 0 bridgehead atoms. The third kappa shape index (κ3) is 1.71. The zero-order valence-electron chi connectivity index (χ0n) is 7.68. The molecule has 0 radical (unpaired) electrons. The average Bonchev–Trinajstić information content (AvgIpc) is 2.65. The molecule has 2 rings (SSSR count). The highest BCUT2D eigenvalue weighted by Gasteiger charge is 2.16. The summed E-state index contributed by atoms with van der Waals surface area (Å²) in [6.45, 7) is 2.24. The monoisotopic (exact) mass is 180 g/mol. The van der Waals surface area contributed by atoms with Gasteiger partial charge in [-0.15, -0.1) is 11.3 Å². The van der Waals surface area contributed by atoms with Gasteiger partial charge in [0.05, 0.1) is 0 Å². The molecular formula is C11H16S. The van der Waals surface area contributed by atoms with Crippen LogP contribution in [0.15, 0.2) is 11.4 Å². The lowest BCUT2D eigenvalue weighted by Gasteiger charge is -2.06. The van der Waals surface area contributed by atoms with Gasteiger partial charge >= 0.3 is 0 Å². The molecular weight excluding hydrogens is 164 g/mol. The number of aryl methyl sites for hydroxylation is 1. The predicted molar refractivity (Wildman–Crippen MR) is 54.7 cm³/mol. The first-order valence-corrected chi connectivity index (χ1v) is 5.77. The van der Waals surface area contributed by atoms with Crippen LogP contribution < -0.4 is 0 Å². The molecule has 0 saturated heterocycles. The standard InChI is InChI=1S/C11H16S/c1-9-6-7-12-11(9)8-10-4-2-3-5-10/h6-7,10H,2-5,8H2,1H3. The largest absolute Gasteiger partial charge is 0.149 e. The van der Waals surface area contributed by atoms with Gasteiger partial charge in [0.25, 0.3) is 0 Å². The summed E-state index contributed by atoms with van der Waals surface area (Å²) in [7, 11) is 0. The molecule has 1 aromatic heterocycles. The van der Waals surface area contributed by atoms with Crippen LogP contribution in [0.3, 0.4) is 0 Å². The lowest BCUT2D eigenvalue weighted by molar-refractivity contribution is 0.550. The van der Waals surface area contributed by atoms with Crippen LogP contribution in [-0.2, 0) is 6.42 Å². The number of hydrogen-bond acceptors (Lipinski definition) is 1. The van der Waals surface area contributed by atoms with Crippen molar-refractivity contribution >= 4 is 11.3 Å². The Morgan fingerprint density at radius 3 is 2.75 bits per heavy atom. The van der Waals surface area contributed by atoms with E-state index in [1.807, 2.05) is 11.3 Å². The highest BCUT2D eigenvalue weighted by atomic mass is 32.1. The number of thiophene rings is 1. The fourth-order valence-electron chi connectivity index (χ4n) is 2.09. The summed E-state index contributed by atoms with van der Waals surface area (Å²) in [6.07, 6.45) is 7.22. The van der Waals surface area contributed by atoms with Crippen LogP contribution >= 0.6 is 11.3 Å². The smallest absolute Gasteiger partial charge is 0.00771 e. The van der Waals surface area contributed by atoms with Gasteiger partial charge in [0, 0.05) is 4.88 Å². The first-order chi connectivity index (χ1) is 5.86. The van der Waals surface area contributed by atoms with Gasteiger partial charge in [-0.1, -0.05) is 25.7 Å². The minimum atomic E-state index is 1.00. The molecule has 1 aliphatic carbocycles. The average molecular weight is 180 g/mol. The molecule has 1 aliphatic rings. The Kier molecular flexibility index (Phi) is 2.50. The second-order valence-electron chi connectivity index (χ2n) is 3.88. The summed E-state index contributed by atoms with van der Waals surface area (Å²) in [5, 5.41) is 2.22. The minimum absolute atomic E-state index is 1.00. The van der Waals surface area contributed by atoms with Crippen LogP contribution in [0.2, 0.25) is 0 Å². The van der Waals surface area contributed by atoms with Gasteiger partial charge in [-0.3, -0.25) is 0 Å². The van der Waals surface area contributed by atoms with Crippen molar-refractivity contribution in [1.29, 1.82) is 0 Å². The van der Waals surface area contributed by atoms with Crippen LogP contribution in [0.1, 0.15) is 36.1 Å². The first-order valence-electron chi connectivity index (χ1n) is 4.89. The molecule has 0 aliphatic heterocycles. The van der Waals surface area contributed by atoms with Crippen LogP contribution in [0, 0.1) is 12.8 Å². The maximum absolute atomic E-state index is 2.24. The molecule has 0 amide bonds. The molecule has 12 heavy (non-hydrogen) atoms. The maximum Gasteiger partial charge on any atom is 0.00771 e. The van der Waals surface area contributed by atoms with Gasteiger partial charge in [-0.25, -0.2) is 0 Å². The molecule has 1 heterocycles. The van der Waals surface area contributed by atoms with Crippen molar-refractivity contribution in [2.45, 2.75) is 39.0 Å². The van der Waals surface area contributed by atoms with Crippen LogP contribution in [0.25, 0.3) is 0 Å². The fourth-order valence-corrected chi connectivity index (χ4v) is 3.11. The normalized spacial score (nSPS) is 18.8. The molecule has 66 valence electrons. The Balaban J connectivity index is 1.98. The quantitative estimate of drug-likeness (QED) is 0.649. The molecule has 1 heteroatoms. The van der Waals surface area contributed by atoms with E-state index >= 15 is 0 Å². The van der Waals surface area contributed by atoms with Crippen LogP contribution in [0.4, 0.5) is 0 Å². The zero-order valence-corrected chi connectivity index (χ0v) is 8.49. The first kappa shape index (κ1) is 8.31. The Morgan fingerprint density at radius 2 is 2.17 bits per heavy atom. The van der Waals surface area contributed by atoms with Crippen LogP contribution in [-0.4, -0.2) is 0 Å². The topological polar surface area (TPSA) is 0 Å². The molecule has 0 nitrogen and oxygen atoms in total. The fraction of sp³-hybridized carbons (Fsp3) is 0.636. The van der Waals surface area contributed by atoms with E-state index < -0.39 is 0 Å². The van der Waals surface area contributed by atoms with Crippen molar-refractivity contribution in [1.82, 2.24) is 0 Å². The van der Waals surface area contributed by atoms with Crippen molar-refractivity contribution in [3.63, 3.8) is 0 Å². The van der Waals surface area contributed by atoms with E-state index in [0.717, 1.165) is 5.92 Å². The maximum atomic E-state index is 2.24. The Hall–Kier alpha value is -0.300. The molecule has 1 aromatic rings. The van der Waals surface area contributed by atoms with E-state index in [-0.39, 0.29) is 0 Å². The van der Waals surface area contributed by atoms with Gasteiger partial charge in [0.15, 0.2) is 0 Å². The predicted octanol–water partition coefficient (Wildman–Crippen LogP) is 3.79. The van der Waals surface area contributed by atoms with Crippen molar-refractivity contribution in [2.24, 2.45) is 5.92 Å². The lowest BCUT2D eigenvalue weighted by atomic mass is 10.0. The SMILES string of the molecule is Cc1ccsc1CC1CCCC1. The van der Waals surface area contributed by atoms with E-state index in [4.69, 9.17) is 0 Å². The Bertz CT molecular complexity index is 243. The highest BCUT2D eigenvalue weighted by molar-refractivity contribution is 7.10. The van der Waals surface area contributed by atoms with E-state index in [1.165, 1.54) is 37.7 Å². The summed E-state index contributed by atoms with van der Waals surface area (Å²) in [4.78, 5) is 1.63. The van der Waals surface area contributed by atoms with Crippen molar-refractivity contribution in [3.8, 4) is 0 Å². The highest BCUT2D eigenvalue weighted by Crippen LogP contribution is 2.30. The molecule has 1 fully saturated rings. The number of rotatable bonds is 2. The van der Waals surface area contributed by atoms with Gasteiger partial charge in [-0.2, -0.15) is 0 Å². The molecule has 0 atom stereocenters. The third-order valence-electron chi connectivity index (χ3n) is 2.92. The summed E-state index contributed by atoms with van der Waals surface area (Å²) in [6, 6.07) is 2.24. The summed E-state index contributed by atoms with van der Waals surface area (Å²) in [5.41, 5.74) is 1.51. The van der Waals surface area contributed by atoms with Crippen molar-refractivity contribution < 1.29 is 0 Å². The van der Waals surface area contributed by atoms with Gasteiger partial charge in [0.1, 0.15) is 0 Å². The summed E-state index contributed by atoms with van der Waals surface area (Å²) < 4.78 is 0. The van der Waals surface area contributed by atoms with Crippen molar-refractivity contribution in [3.05, 3.63) is 21.9 Å². The second-order valence-corrected chi connectivity index (χ2v) is 4.88. The summed E-state index contributed by atoms with van der Waals surface area (Å²) >= 11 is 1.94. The Morgan fingerprint density at radius 1 is 1.42 bits per heavy atom. The van der Waals surface area contributed by atoms with E-state index in [0.29, 0.717) is 0 Å². The van der Waals surface area contributed by atoms with Crippen LogP contribution in [0.5, 0.6) is 0 Å². The van der Waals surface area contributed by atoms with E-state index in [1.54, 1.807) is 4.88 Å². The molecule has 0 spiro atoms. The van der Waals surface area contributed by atoms with E-state index in [2.05, 4.69) is 18.4 Å². The minimum Gasteiger partial charge on any atom is -0.149 e. The van der Waals surface area contributed by atoms with Gasteiger partial charge in [0.2, 0.25) is 0 Å². The summed E-state index contributed by atoms with van der Waals surface area (Å²) in [5.74, 6) is 1.00. The Labute approximate surface area is 78.6 Å². The van der Waals surface area contributed by atoms with Gasteiger partial charge in [-0.05, 0) is 36.3 Å². The lowest BCUT2D eigenvalue weighted by Crippen LogP contribution is -1.97. The molecule has 1 saturated carbocycles. The van der Waals surface area contributed by atoms with E-state index in [9.17, 15) is 0 Å². The number of hydrogen-bond donors (Lipinski definition) is 0. The van der Waals surface area contributed by atoms with Gasteiger partial charge < -0.3 is 0 Å². The molecule has 0 unspecified atom stereocenters. The zero-order chi connectivity index (χ0) is 8.39. The third-order valence-corrected chi connectivity index (χ3v) is 3.96. The molecule has 0 aromatic carbocycles.